The first-order valence-electron chi connectivity index (χ1n) is 8.19. The summed E-state index contributed by atoms with van der Waals surface area (Å²) in [6.07, 6.45) is 6.75. The molecule has 1 aromatic rings. The highest BCUT2D eigenvalue weighted by Gasteiger charge is 2.10. The summed E-state index contributed by atoms with van der Waals surface area (Å²) in [7, 11) is 0. The highest BCUT2D eigenvalue weighted by atomic mass is 35.5. The van der Waals surface area contributed by atoms with Crippen molar-refractivity contribution in [3.63, 3.8) is 0 Å². The third-order valence-electron chi connectivity index (χ3n) is 3.78. The number of para-hydroxylation sites is 1. The Morgan fingerprint density at radius 1 is 1.09 bits per heavy atom. The van der Waals surface area contributed by atoms with Gasteiger partial charge in [-0.25, -0.2) is 0 Å². The Morgan fingerprint density at radius 2 is 1.91 bits per heavy atom. The minimum atomic E-state index is 0. The van der Waals surface area contributed by atoms with Gasteiger partial charge in [0.15, 0.2) is 0 Å². The van der Waals surface area contributed by atoms with Crippen molar-refractivity contribution in [3.05, 3.63) is 29.8 Å². The van der Waals surface area contributed by atoms with E-state index in [4.69, 9.17) is 10.7 Å². The van der Waals surface area contributed by atoms with Crippen molar-refractivity contribution < 1.29 is 0 Å². The second kappa shape index (κ2) is 11.5. The van der Waals surface area contributed by atoms with Crippen LogP contribution in [-0.4, -0.2) is 32.0 Å². The smallest absolute Gasteiger partial charge is 0.101 e. The van der Waals surface area contributed by atoms with E-state index in [0.29, 0.717) is 0 Å². The maximum absolute atomic E-state index is 5.47. The van der Waals surface area contributed by atoms with Crippen LogP contribution in [0.1, 0.15) is 37.7 Å². The van der Waals surface area contributed by atoms with Gasteiger partial charge in [0.05, 0.1) is 0 Å². The molecule has 0 radical (unpaired) electrons. The number of aliphatic imine (C=N–C) groups is 1. The normalized spacial score (nSPS) is 15.6. The lowest BCUT2D eigenvalue weighted by molar-refractivity contribution is 0.611. The van der Waals surface area contributed by atoms with E-state index >= 15 is 0 Å². The van der Waals surface area contributed by atoms with Gasteiger partial charge in [0.2, 0.25) is 0 Å². The lowest BCUT2D eigenvalue weighted by Gasteiger charge is -2.08. The summed E-state index contributed by atoms with van der Waals surface area (Å²) in [6, 6.07) is 8.55. The Kier molecular flexibility index (Phi) is 9.87. The largest absolute Gasteiger partial charge is 0.344 e. The number of nitrogens with one attached hydrogen (secondary N) is 2. The first kappa shape index (κ1) is 18.9. The molecule has 0 saturated heterocycles. The first-order chi connectivity index (χ1) is 10.4. The summed E-state index contributed by atoms with van der Waals surface area (Å²) in [4.78, 5) is 4.72. The number of benzene rings is 1. The van der Waals surface area contributed by atoms with E-state index in [1.54, 1.807) is 0 Å². The molecular weight excluding hydrogens is 296 g/mol. The molecule has 0 atom stereocenters. The molecule has 22 heavy (non-hydrogen) atoms. The Morgan fingerprint density at radius 3 is 2.77 bits per heavy atom. The Bertz CT molecular complexity index is 448. The monoisotopic (exact) mass is 324 g/mol. The molecule has 5 heteroatoms. The summed E-state index contributed by atoms with van der Waals surface area (Å²) < 4.78 is 0. The fraction of sp³-hybridized carbons (Fsp3) is 0.588. The predicted molar refractivity (Wildman–Crippen MR) is 98.3 cm³/mol. The molecule has 2 rings (SSSR count). The van der Waals surface area contributed by atoms with Crippen LogP contribution in [0.25, 0.3) is 0 Å². The number of unbranched alkanes of at least 4 members (excludes halogenated alkanes) is 1. The van der Waals surface area contributed by atoms with Crippen molar-refractivity contribution in [2.24, 2.45) is 10.7 Å². The first-order valence-corrected chi connectivity index (χ1v) is 8.19. The fourth-order valence-electron chi connectivity index (χ4n) is 2.58. The number of hydrogen-bond acceptors (Lipinski definition) is 3. The molecule has 1 heterocycles. The second-order valence-electron chi connectivity index (χ2n) is 5.56. The van der Waals surface area contributed by atoms with Gasteiger partial charge in [-0.1, -0.05) is 18.2 Å². The molecule has 1 aromatic carbocycles. The third kappa shape index (κ3) is 6.77. The van der Waals surface area contributed by atoms with Crippen LogP contribution < -0.4 is 16.4 Å². The maximum Gasteiger partial charge on any atom is 0.101 e. The molecule has 0 aromatic heterocycles. The maximum atomic E-state index is 5.47. The molecule has 0 bridgehead atoms. The van der Waals surface area contributed by atoms with Crippen LogP contribution in [0, 0.1) is 0 Å². The number of hydrogen-bond donors (Lipinski definition) is 3. The Labute approximate surface area is 140 Å². The zero-order valence-electron chi connectivity index (χ0n) is 13.3. The van der Waals surface area contributed by atoms with Gasteiger partial charge in [-0.05, 0) is 63.4 Å². The van der Waals surface area contributed by atoms with Crippen molar-refractivity contribution in [2.75, 3.05) is 31.5 Å². The number of aryl methyl sites for hydroxylation is 1. The SMILES string of the molecule is Cl.NCCCCNCCCN=C1CCCc2ccccc2N1. The van der Waals surface area contributed by atoms with Gasteiger partial charge < -0.3 is 16.4 Å². The lowest BCUT2D eigenvalue weighted by Crippen LogP contribution is -2.19. The van der Waals surface area contributed by atoms with Gasteiger partial charge in [0, 0.05) is 18.7 Å². The minimum Gasteiger partial charge on any atom is -0.344 e. The lowest BCUT2D eigenvalue weighted by atomic mass is 10.1. The van der Waals surface area contributed by atoms with E-state index in [1.807, 2.05) is 0 Å². The molecule has 124 valence electrons. The molecule has 4 nitrogen and oxygen atoms in total. The molecule has 0 fully saturated rings. The topological polar surface area (TPSA) is 62.4 Å². The van der Waals surface area contributed by atoms with Gasteiger partial charge in [0.25, 0.3) is 0 Å². The van der Waals surface area contributed by atoms with E-state index in [9.17, 15) is 0 Å². The van der Waals surface area contributed by atoms with Crippen molar-refractivity contribution in [1.29, 1.82) is 0 Å². The predicted octanol–water partition coefficient (Wildman–Crippen LogP) is 2.97. The van der Waals surface area contributed by atoms with Crippen LogP contribution in [0.4, 0.5) is 5.69 Å². The summed E-state index contributed by atoms with van der Waals surface area (Å²) >= 11 is 0. The van der Waals surface area contributed by atoms with Crippen LogP contribution in [-0.2, 0) is 6.42 Å². The highest BCUT2D eigenvalue weighted by Crippen LogP contribution is 2.21. The highest BCUT2D eigenvalue weighted by molar-refractivity contribution is 5.96. The van der Waals surface area contributed by atoms with Crippen LogP contribution in [0.3, 0.4) is 0 Å². The zero-order valence-corrected chi connectivity index (χ0v) is 14.1. The number of fused-ring (bicyclic) bond motifs is 1. The molecule has 0 spiro atoms. The Hall–Kier alpha value is -1.10. The van der Waals surface area contributed by atoms with E-state index in [2.05, 4.69) is 34.9 Å². The van der Waals surface area contributed by atoms with Crippen molar-refractivity contribution in [1.82, 2.24) is 5.32 Å². The average Bonchev–Trinajstić information content (AvgIpc) is 2.71. The second-order valence-corrected chi connectivity index (χ2v) is 5.56. The number of rotatable bonds is 8. The van der Waals surface area contributed by atoms with E-state index in [0.717, 1.165) is 57.7 Å². The van der Waals surface area contributed by atoms with E-state index < -0.39 is 0 Å². The molecule has 1 aliphatic heterocycles. The third-order valence-corrected chi connectivity index (χ3v) is 3.78. The summed E-state index contributed by atoms with van der Waals surface area (Å²) in [5.74, 6) is 1.14. The molecule has 0 aliphatic carbocycles. The number of nitrogens with zero attached hydrogens (tertiary/aromatic N) is 1. The fourth-order valence-corrected chi connectivity index (χ4v) is 2.58. The van der Waals surface area contributed by atoms with E-state index in [1.165, 1.54) is 24.1 Å². The summed E-state index contributed by atoms with van der Waals surface area (Å²) in [6.45, 7) is 3.80. The summed E-state index contributed by atoms with van der Waals surface area (Å²) in [5.41, 5.74) is 8.10. The number of nitrogens with two attached hydrogens (primary N) is 1. The van der Waals surface area contributed by atoms with Gasteiger partial charge >= 0.3 is 0 Å². The summed E-state index contributed by atoms with van der Waals surface area (Å²) in [5, 5.41) is 6.93. The van der Waals surface area contributed by atoms with Crippen LogP contribution in [0.15, 0.2) is 29.3 Å². The van der Waals surface area contributed by atoms with Gasteiger partial charge in [-0.3, -0.25) is 4.99 Å². The van der Waals surface area contributed by atoms with E-state index in [-0.39, 0.29) is 12.4 Å². The van der Waals surface area contributed by atoms with Crippen molar-refractivity contribution >= 4 is 23.9 Å². The average molecular weight is 325 g/mol. The van der Waals surface area contributed by atoms with Crippen LogP contribution >= 0.6 is 12.4 Å². The van der Waals surface area contributed by atoms with Crippen molar-refractivity contribution in [3.8, 4) is 0 Å². The standard InChI is InChI=1S/C17H28N4.ClH/c18-11-3-4-12-19-13-6-14-20-17-10-5-8-15-7-1-2-9-16(15)21-17;/h1-2,7,9,19H,3-6,8,10-14,18H2,(H,20,21);1H. The van der Waals surface area contributed by atoms with Crippen LogP contribution in [0.5, 0.6) is 0 Å². The Balaban J connectivity index is 0.00000242. The molecule has 4 N–H and O–H groups in total. The number of anilines is 1. The van der Waals surface area contributed by atoms with Gasteiger partial charge in [-0.15, -0.1) is 12.4 Å². The molecular formula is C17H29ClN4. The zero-order chi connectivity index (χ0) is 14.8. The molecule has 0 unspecified atom stereocenters. The molecule has 1 aliphatic rings. The minimum absolute atomic E-state index is 0. The number of halogens is 1. The van der Waals surface area contributed by atoms with Gasteiger partial charge in [-0.2, -0.15) is 0 Å². The molecule has 0 amide bonds. The van der Waals surface area contributed by atoms with Crippen LogP contribution in [0.2, 0.25) is 0 Å². The number of amidine groups is 1. The quantitative estimate of drug-likeness (QED) is 0.644. The van der Waals surface area contributed by atoms with Gasteiger partial charge in [0.1, 0.15) is 5.84 Å². The molecule has 0 saturated carbocycles. The van der Waals surface area contributed by atoms with Crippen molar-refractivity contribution in [2.45, 2.75) is 38.5 Å².